The van der Waals surface area contributed by atoms with Gasteiger partial charge in [-0.05, 0) is 23.6 Å². The number of esters is 1. The number of hydrogen-bond donors (Lipinski definition) is 0. The van der Waals surface area contributed by atoms with Gasteiger partial charge in [0.15, 0.2) is 0 Å². The van der Waals surface area contributed by atoms with Gasteiger partial charge in [-0.15, -0.1) is 0 Å². The molecule has 0 aliphatic rings. The summed E-state index contributed by atoms with van der Waals surface area (Å²) in [6, 6.07) is 11.5. The van der Waals surface area contributed by atoms with E-state index >= 15 is 0 Å². The molecule has 3 rings (SSSR count). The molecular formula is C15H11NO2S. The molecular weight excluding hydrogens is 258 g/mol. The highest BCUT2D eigenvalue weighted by Crippen LogP contribution is 2.27. The lowest BCUT2D eigenvalue weighted by atomic mass is 10.1. The van der Waals surface area contributed by atoms with Gasteiger partial charge in [0, 0.05) is 16.3 Å². The van der Waals surface area contributed by atoms with E-state index in [1.54, 1.807) is 11.3 Å². The maximum absolute atomic E-state index is 11.9. The summed E-state index contributed by atoms with van der Waals surface area (Å²) < 4.78 is 4.85. The number of methoxy groups -OCH3 is 1. The van der Waals surface area contributed by atoms with E-state index in [4.69, 9.17) is 4.74 Å². The van der Waals surface area contributed by atoms with Crippen LogP contribution in [0.5, 0.6) is 0 Å². The second kappa shape index (κ2) is 4.82. The zero-order valence-electron chi connectivity index (χ0n) is 10.3. The molecule has 1 aromatic carbocycles. The number of pyridine rings is 1. The number of rotatable bonds is 2. The fourth-order valence-corrected chi connectivity index (χ4v) is 2.64. The molecule has 0 aliphatic carbocycles. The molecule has 0 saturated carbocycles. The molecule has 0 bridgehead atoms. The van der Waals surface area contributed by atoms with Gasteiger partial charge in [-0.1, -0.05) is 18.2 Å². The summed E-state index contributed by atoms with van der Waals surface area (Å²) in [7, 11) is 1.38. The second-order valence-corrected chi connectivity index (χ2v) is 4.86. The van der Waals surface area contributed by atoms with Crippen molar-refractivity contribution in [3.63, 3.8) is 0 Å². The molecule has 0 amide bonds. The molecule has 4 heteroatoms. The highest BCUT2D eigenvalue weighted by Gasteiger charge is 2.16. The highest BCUT2D eigenvalue weighted by molar-refractivity contribution is 7.08. The Labute approximate surface area is 114 Å². The molecule has 0 fully saturated rings. The van der Waals surface area contributed by atoms with Crippen LogP contribution in [-0.2, 0) is 4.74 Å². The largest absolute Gasteiger partial charge is 0.465 e. The van der Waals surface area contributed by atoms with Gasteiger partial charge in [0.2, 0.25) is 0 Å². The van der Waals surface area contributed by atoms with Crippen LogP contribution >= 0.6 is 11.3 Å². The highest BCUT2D eigenvalue weighted by atomic mass is 32.1. The number of thiophene rings is 1. The first-order chi connectivity index (χ1) is 9.29. The quantitative estimate of drug-likeness (QED) is 0.665. The number of nitrogens with zero attached hydrogens (tertiary/aromatic N) is 1. The number of ether oxygens (including phenoxy) is 1. The summed E-state index contributed by atoms with van der Waals surface area (Å²) in [4.78, 5) is 16.5. The van der Waals surface area contributed by atoms with E-state index in [0.717, 1.165) is 16.5 Å². The smallest absolute Gasteiger partial charge is 0.340 e. The maximum Gasteiger partial charge on any atom is 0.340 e. The lowest BCUT2D eigenvalue weighted by Gasteiger charge is -2.08. The van der Waals surface area contributed by atoms with Crippen LogP contribution in [0.2, 0.25) is 0 Å². The fourth-order valence-electron chi connectivity index (χ4n) is 2.00. The van der Waals surface area contributed by atoms with Crippen LogP contribution in [-0.4, -0.2) is 18.1 Å². The lowest BCUT2D eigenvalue weighted by molar-refractivity contribution is 0.0601. The summed E-state index contributed by atoms with van der Waals surface area (Å²) in [6.45, 7) is 0. The van der Waals surface area contributed by atoms with E-state index in [0.29, 0.717) is 11.3 Å². The molecule has 0 N–H and O–H groups in total. The SMILES string of the molecule is COC(=O)c1cc2ccccc2nc1-c1ccsc1. The van der Waals surface area contributed by atoms with Crippen molar-refractivity contribution < 1.29 is 9.53 Å². The van der Waals surface area contributed by atoms with Gasteiger partial charge < -0.3 is 4.74 Å². The van der Waals surface area contributed by atoms with Crippen molar-refractivity contribution >= 4 is 28.2 Å². The number of hydrogen-bond acceptors (Lipinski definition) is 4. The first-order valence-electron chi connectivity index (χ1n) is 5.80. The average Bonchev–Trinajstić information content (AvgIpc) is 2.99. The van der Waals surface area contributed by atoms with E-state index in [-0.39, 0.29) is 5.97 Å². The van der Waals surface area contributed by atoms with Gasteiger partial charge in [0.1, 0.15) is 0 Å². The first kappa shape index (κ1) is 11.9. The minimum absolute atomic E-state index is 0.362. The summed E-state index contributed by atoms with van der Waals surface area (Å²) in [5, 5.41) is 4.87. The molecule has 2 heterocycles. The number of para-hydroxylation sites is 1. The third-order valence-electron chi connectivity index (χ3n) is 2.92. The third kappa shape index (κ3) is 2.11. The Bertz CT molecular complexity index is 735. The number of aromatic nitrogens is 1. The minimum Gasteiger partial charge on any atom is -0.465 e. The average molecular weight is 269 g/mol. The van der Waals surface area contributed by atoms with Crippen molar-refractivity contribution in [1.29, 1.82) is 0 Å². The van der Waals surface area contributed by atoms with Crippen molar-refractivity contribution in [3.8, 4) is 11.3 Å². The van der Waals surface area contributed by atoms with Crippen LogP contribution in [0.3, 0.4) is 0 Å². The van der Waals surface area contributed by atoms with Gasteiger partial charge in [-0.2, -0.15) is 11.3 Å². The monoisotopic (exact) mass is 269 g/mol. The Morgan fingerprint density at radius 1 is 1.26 bits per heavy atom. The molecule has 2 aromatic heterocycles. The van der Waals surface area contributed by atoms with Crippen LogP contribution in [0.4, 0.5) is 0 Å². The predicted octanol–water partition coefficient (Wildman–Crippen LogP) is 3.75. The zero-order chi connectivity index (χ0) is 13.2. The van der Waals surface area contributed by atoms with Crippen molar-refractivity contribution in [2.24, 2.45) is 0 Å². The summed E-state index contributed by atoms with van der Waals surface area (Å²) >= 11 is 1.58. The van der Waals surface area contributed by atoms with E-state index < -0.39 is 0 Å². The molecule has 3 aromatic rings. The topological polar surface area (TPSA) is 39.2 Å². The summed E-state index contributed by atoms with van der Waals surface area (Å²) in [5.74, 6) is -0.362. The number of benzene rings is 1. The van der Waals surface area contributed by atoms with E-state index in [1.807, 2.05) is 47.2 Å². The van der Waals surface area contributed by atoms with E-state index in [2.05, 4.69) is 4.98 Å². The standard InChI is InChI=1S/C15H11NO2S/c1-18-15(17)12-8-10-4-2-3-5-13(10)16-14(12)11-6-7-19-9-11/h2-9H,1H3. The van der Waals surface area contributed by atoms with Gasteiger partial charge in [-0.3, -0.25) is 0 Å². The molecule has 0 radical (unpaired) electrons. The van der Waals surface area contributed by atoms with Crippen LogP contribution in [0.1, 0.15) is 10.4 Å². The molecule has 3 nitrogen and oxygen atoms in total. The predicted molar refractivity (Wildman–Crippen MR) is 76.4 cm³/mol. The van der Waals surface area contributed by atoms with Crippen molar-refractivity contribution in [2.45, 2.75) is 0 Å². The van der Waals surface area contributed by atoms with Gasteiger partial charge >= 0.3 is 5.97 Å². The van der Waals surface area contributed by atoms with E-state index in [1.165, 1.54) is 7.11 Å². The van der Waals surface area contributed by atoms with Crippen molar-refractivity contribution in [2.75, 3.05) is 7.11 Å². The third-order valence-corrected chi connectivity index (χ3v) is 3.61. The Morgan fingerprint density at radius 3 is 2.84 bits per heavy atom. The first-order valence-corrected chi connectivity index (χ1v) is 6.74. The molecule has 0 unspecified atom stereocenters. The Kier molecular flexibility index (Phi) is 3.01. The molecule has 0 atom stereocenters. The Morgan fingerprint density at radius 2 is 2.11 bits per heavy atom. The summed E-state index contributed by atoms with van der Waals surface area (Å²) in [6.07, 6.45) is 0. The molecule has 94 valence electrons. The Hall–Kier alpha value is -2.20. The van der Waals surface area contributed by atoms with Gasteiger partial charge in [0.05, 0.1) is 23.9 Å². The van der Waals surface area contributed by atoms with Crippen LogP contribution in [0, 0.1) is 0 Å². The van der Waals surface area contributed by atoms with Crippen LogP contribution < -0.4 is 0 Å². The molecule has 19 heavy (non-hydrogen) atoms. The molecule has 0 spiro atoms. The van der Waals surface area contributed by atoms with Gasteiger partial charge in [0.25, 0.3) is 0 Å². The van der Waals surface area contributed by atoms with E-state index in [9.17, 15) is 4.79 Å². The fraction of sp³-hybridized carbons (Fsp3) is 0.0667. The number of carbonyl (C=O) groups is 1. The zero-order valence-corrected chi connectivity index (χ0v) is 11.1. The van der Waals surface area contributed by atoms with Crippen LogP contribution in [0.25, 0.3) is 22.2 Å². The Balaban J connectivity index is 2.30. The normalized spacial score (nSPS) is 10.6. The van der Waals surface area contributed by atoms with Crippen molar-refractivity contribution in [1.82, 2.24) is 4.98 Å². The minimum atomic E-state index is -0.362. The number of fused-ring (bicyclic) bond motifs is 1. The van der Waals surface area contributed by atoms with Crippen LogP contribution in [0.15, 0.2) is 47.2 Å². The lowest BCUT2D eigenvalue weighted by Crippen LogP contribution is -2.05. The van der Waals surface area contributed by atoms with Crippen molar-refractivity contribution in [3.05, 3.63) is 52.7 Å². The molecule has 0 saturated heterocycles. The maximum atomic E-state index is 11.9. The summed E-state index contributed by atoms with van der Waals surface area (Å²) in [5.41, 5.74) is 2.99. The second-order valence-electron chi connectivity index (χ2n) is 4.08. The number of carbonyl (C=O) groups excluding carboxylic acids is 1. The van der Waals surface area contributed by atoms with Gasteiger partial charge in [-0.25, -0.2) is 9.78 Å². The molecule has 0 aliphatic heterocycles.